The summed E-state index contributed by atoms with van der Waals surface area (Å²) in [5.74, 6) is -1.11. The molecule has 3 aromatic rings. The zero-order chi connectivity index (χ0) is 13.4. The summed E-state index contributed by atoms with van der Waals surface area (Å²) in [5.41, 5.74) is 7.12. The maximum Gasteiger partial charge on any atom is 0.249 e. The number of primary amides is 1. The van der Waals surface area contributed by atoms with E-state index in [1.54, 1.807) is 6.07 Å². The molecule has 1 heterocycles. The predicted octanol–water partition coefficient (Wildman–Crippen LogP) is 3.07. The number of hydrogen-bond donors (Lipinski definition) is 2. The zero-order valence-corrected chi connectivity index (χ0v) is 9.98. The van der Waals surface area contributed by atoms with Gasteiger partial charge in [0.25, 0.3) is 0 Å². The van der Waals surface area contributed by atoms with Gasteiger partial charge in [-0.1, -0.05) is 24.3 Å². The summed E-state index contributed by atoms with van der Waals surface area (Å²) in [5, 5.41) is 0.955. The number of fused-ring (bicyclic) bond motifs is 1. The standard InChI is InChI=1S/C15H11FN2O/c16-11-6-3-5-10(15(17)19)14(11)13-8-9-4-1-2-7-12(9)18-13/h1-8,18H,(H2,17,19). The Morgan fingerprint density at radius 1 is 1.11 bits per heavy atom. The lowest BCUT2D eigenvalue weighted by Crippen LogP contribution is -2.13. The Labute approximate surface area is 108 Å². The van der Waals surface area contributed by atoms with Gasteiger partial charge in [-0.25, -0.2) is 4.39 Å². The van der Waals surface area contributed by atoms with Gasteiger partial charge in [-0.3, -0.25) is 4.79 Å². The summed E-state index contributed by atoms with van der Waals surface area (Å²) in [6, 6.07) is 13.7. The normalized spacial score (nSPS) is 10.8. The number of hydrogen-bond acceptors (Lipinski definition) is 1. The van der Waals surface area contributed by atoms with Crippen LogP contribution in [0.15, 0.2) is 48.5 Å². The first-order chi connectivity index (χ1) is 9.16. The lowest BCUT2D eigenvalue weighted by Gasteiger charge is -2.05. The molecule has 0 atom stereocenters. The van der Waals surface area contributed by atoms with Gasteiger partial charge in [0.05, 0.1) is 11.3 Å². The van der Waals surface area contributed by atoms with E-state index in [0.717, 1.165) is 10.9 Å². The highest BCUT2D eigenvalue weighted by Gasteiger charge is 2.16. The fourth-order valence-corrected chi connectivity index (χ4v) is 2.21. The van der Waals surface area contributed by atoms with Crippen molar-refractivity contribution in [2.45, 2.75) is 0 Å². The molecular formula is C15H11FN2O. The molecule has 4 heteroatoms. The fraction of sp³-hybridized carbons (Fsp3) is 0. The van der Waals surface area contributed by atoms with Crippen molar-refractivity contribution in [1.29, 1.82) is 0 Å². The van der Waals surface area contributed by atoms with Crippen molar-refractivity contribution >= 4 is 16.8 Å². The van der Waals surface area contributed by atoms with E-state index >= 15 is 0 Å². The van der Waals surface area contributed by atoms with Gasteiger partial charge in [0.2, 0.25) is 5.91 Å². The highest BCUT2D eigenvalue weighted by Crippen LogP contribution is 2.29. The van der Waals surface area contributed by atoms with Crippen molar-refractivity contribution in [2.24, 2.45) is 5.73 Å². The molecule has 0 saturated heterocycles. The van der Waals surface area contributed by atoms with E-state index in [9.17, 15) is 9.18 Å². The molecule has 0 fully saturated rings. The third-order valence-corrected chi connectivity index (χ3v) is 3.08. The fourth-order valence-electron chi connectivity index (χ4n) is 2.21. The first-order valence-corrected chi connectivity index (χ1v) is 5.83. The van der Waals surface area contributed by atoms with Gasteiger partial charge < -0.3 is 10.7 Å². The molecule has 94 valence electrons. The van der Waals surface area contributed by atoms with Crippen LogP contribution in [0.25, 0.3) is 22.2 Å². The number of para-hydroxylation sites is 1. The van der Waals surface area contributed by atoms with Gasteiger partial charge >= 0.3 is 0 Å². The van der Waals surface area contributed by atoms with E-state index in [1.165, 1.54) is 18.2 Å². The zero-order valence-electron chi connectivity index (χ0n) is 9.98. The summed E-state index contributed by atoms with van der Waals surface area (Å²) in [4.78, 5) is 14.5. The van der Waals surface area contributed by atoms with Crippen LogP contribution in [-0.2, 0) is 0 Å². The molecule has 1 aromatic heterocycles. The topological polar surface area (TPSA) is 58.9 Å². The number of nitrogens with two attached hydrogens (primary N) is 1. The summed E-state index contributed by atoms with van der Waals surface area (Å²) >= 11 is 0. The molecule has 0 radical (unpaired) electrons. The maximum absolute atomic E-state index is 14.0. The lowest BCUT2D eigenvalue weighted by atomic mass is 10.0. The molecule has 19 heavy (non-hydrogen) atoms. The minimum Gasteiger partial charge on any atom is -0.366 e. The van der Waals surface area contributed by atoms with E-state index in [2.05, 4.69) is 4.98 Å². The number of nitrogens with one attached hydrogen (secondary N) is 1. The molecule has 3 N–H and O–H groups in total. The number of carbonyl (C=O) groups excluding carboxylic acids is 1. The number of amides is 1. The van der Waals surface area contributed by atoms with E-state index in [-0.39, 0.29) is 11.1 Å². The van der Waals surface area contributed by atoms with Crippen LogP contribution in [0.3, 0.4) is 0 Å². The molecule has 0 saturated carbocycles. The van der Waals surface area contributed by atoms with E-state index in [1.807, 2.05) is 24.3 Å². The third kappa shape index (κ3) is 1.87. The molecular weight excluding hydrogens is 243 g/mol. The van der Waals surface area contributed by atoms with Crippen molar-refractivity contribution < 1.29 is 9.18 Å². The van der Waals surface area contributed by atoms with E-state index < -0.39 is 11.7 Å². The lowest BCUT2D eigenvalue weighted by molar-refractivity contribution is 0.100. The van der Waals surface area contributed by atoms with Crippen molar-refractivity contribution in [3.8, 4) is 11.3 Å². The average molecular weight is 254 g/mol. The Bertz CT molecular complexity index is 744. The maximum atomic E-state index is 14.0. The van der Waals surface area contributed by atoms with Crippen LogP contribution in [0.2, 0.25) is 0 Å². The minimum absolute atomic E-state index is 0.173. The Balaban J connectivity index is 2.29. The second-order valence-electron chi connectivity index (χ2n) is 4.30. The molecule has 0 aliphatic carbocycles. The summed E-state index contributed by atoms with van der Waals surface area (Å²) in [6.07, 6.45) is 0. The van der Waals surface area contributed by atoms with Crippen molar-refractivity contribution in [2.75, 3.05) is 0 Å². The Hall–Kier alpha value is -2.62. The molecule has 3 nitrogen and oxygen atoms in total. The molecule has 0 spiro atoms. The van der Waals surface area contributed by atoms with Crippen LogP contribution in [0.4, 0.5) is 4.39 Å². The summed E-state index contributed by atoms with van der Waals surface area (Å²) in [6.45, 7) is 0. The van der Waals surface area contributed by atoms with Crippen LogP contribution in [0.5, 0.6) is 0 Å². The molecule has 0 bridgehead atoms. The summed E-state index contributed by atoms with van der Waals surface area (Å²) in [7, 11) is 0. The molecule has 3 rings (SSSR count). The van der Waals surface area contributed by atoms with Crippen LogP contribution in [0, 0.1) is 5.82 Å². The first-order valence-electron chi connectivity index (χ1n) is 5.83. The van der Waals surface area contributed by atoms with Crippen LogP contribution in [0.1, 0.15) is 10.4 Å². The van der Waals surface area contributed by atoms with Crippen LogP contribution >= 0.6 is 0 Å². The van der Waals surface area contributed by atoms with Gasteiger partial charge in [0.15, 0.2) is 0 Å². The predicted molar refractivity (Wildman–Crippen MR) is 72.2 cm³/mol. The highest BCUT2D eigenvalue weighted by molar-refractivity contribution is 6.00. The summed E-state index contributed by atoms with van der Waals surface area (Å²) < 4.78 is 14.0. The Morgan fingerprint density at radius 3 is 2.63 bits per heavy atom. The van der Waals surface area contributed by atoms with Gasteiger partial charge in [-0.2, -0.15) is 0 Å². The first kappa shape index (κ1) is 11.5. The number of halogens is 1. The monoisotopic (exact) mass is 254 g/mol. The quantitative estimate of drug-likeness (QED) is 0.725. The number of benzene rings is 2. The van der Waals surface area contributed by atoms with E-state index in [4.69, 9.17) is 5.73 Å². The third-order valence-electron chi connectivity index (χ3n) is 3.08. The number of rotatable bonds is 2. The number of carbonyl (C=O) groups is 1. The van der Waals surface area contributed by atoms with Gasteiger partial charge in [-0.15, -0.1) is 0 Å². The molecule has 1 amide bonds. The smallest absolute Gasteiger partial charge is 0.249 e. The van der Waals surface area contributed by atoms with Crippen molar-refractivity contribution in [1.82, 2.24) is 4.98 Å². The van der Waals surface area contributed by atoms with E-state index in [0.29, 0.717) is 5.69 Å². The van der Waals surface area contributed by atoms with Crippen LogP contribution < -0.4 is 5.73 Å². The Morgan fingerprint density at radius 2 is 1.89 bits per heavy atom. The number of aromatic nitrogens is 1. The molecule has 0 aliphatic rings. The molecule has 0 aliphatic heterocycles. The van der Waals surface area contributed by atoms with Gasteiger partial charge in [0, 0.05) is 16.5 Å². The van der Waals surface area contributed by atoms with Gasteiger partial charge in [-0.05, 0) is 24.3 Å². The second-order valence-corrected chi connectivity index (χ2v) is 4.30. The minimum atomic E-state index is -0.645. The largest absolute Gasteiger partial charge is 0.366 e. The molecule has 0 unspecified atom stereocenters. The second kappa shape index (κ2) is 4.24. The Kier molecular flexibility index (Phi) is 2.56. The number of aromatic amines is 1. The highest BCUT2D eigenvalue weighted by atomic mass is 19.1. The SMILES string of the molecule is NC(=O)c1cccc(F)c1-c1cc2ccccc2[nH]1. The average Bonchev–Trinajstić information content (AvgIpc) is 2.81. The van der Waals surface area contributed by atoms with Gasteiger partial charge in [0.1, 0.15) is 5.82 Å². The van der Waals surface area contributed by atoms with Crippen molar-refractivity contribution in [3.05, 3.63) is 59.9 Å². The van der Waals surface area contributed by atoms with Crippen LogP contribution in [-0.4, -0.2) is 10.9 Å². The number of H-pyrrole nitrogens is 1. The molecule has 2 aromatic carbocycles. The van der Waals surface area contributed by atoms with Crippen molar-refractivity contribution in [3.63, 3.8) is 0 Å².